The van der Waals surface area contributed by atoms with E-state index in [-0.39, 0.29) is 11.5 Å². The predicted molar refractivity (Wildman–Crippen MR) is 66.7 cm³/mol. The topological polar surface area (TPSA) is 22.4 Å². The molecule has 1 aromatic heterocycles. The Morgan fingerprint density at radius 3 is 2.53 bits per heavy atom. The Labute approximate surface area is 103 Å². The molecular formula is C15H22O2. The zero-order chi connectivity index (χ0) is 11.9. The first-order valence-electron chi connectivity index (χ1n) is 6.88. The third-order valence-electron chi connectivity index (χ3n) is 4.57. The van der Waals surface area contributed by atoms with Crippen LogP contribution < -0.4 is 0 Å². The van der Waals surface area contributed by atoms with Crippen LogP contribution in [0.1, 0.15) is 57.8 Å². The van der Waals surface area contributed by atoms with Crippen LogP contribution >= 0.6 is 0 Å². The van der Waals surface area contributed by atoms with Gasteiger partial charge < -0.3 is 9.15 Å². The zero-order valence-corrected chi connectivity index (χ0v) is 10.8. The Kier molecular flexibility index (Phi) is 2.78. The third-order valence-corrected chi connectivity index (χ3v) is 4.57. The Morgan fingerprint density at radius 2 is 1.94 bits per heavy atom. The summed E-state index contributed by atoms with van der Waals surface area (Å²) in [7, 11) is 0. The molecular weight excluding hydrogens is 212 g/mol. The van der Waals surface area contributed by atoms with E-state index in [4.69, 9.17) is 9.15 Å². The van der Waals surface area contributed by atoms with Crippen LogP contribution in [0.25, 0.3) is 0 Å². The molecule has 1 aliphatic heterocycles. The van der Waals surface area contributed by atoms with E-state index in [2.05, 4.69) is 13.8 Å². The summed E-state index contributed by atoms with van der Waals surface area (Å²) in [6.07, 6.45) is 9.19. The van der Waals surface area contributed by atoms with Crippen molar-refractivity contribution in [3.8, 4) is 0 Å². The van der Waals surface area contributed by atoms with E-state index in [1.54, 1.807) is 6.26 Å². The maximum absolute atomic E-state index is 6.14. The van der Waals surface area contributed by atoms with Gasteiger partial charge >= 0.3 is 0 Å². The molecule has 1 aromatic rings. The number of hydrogen-bond donors (Lipinski definition) is 0. The molecule has 1 saturated carbocycles. The maximum atomic E-state index is 6.14. The molecule has 2 nitrogen and oxygen atoms in total. The highest BCUT2D eigenvalue weighted by Gasteiger charge is 2.54. The van der Waals surface area contributed by atoms with E-state index in [0.29, 0.717) is 6.10 Å². The van der Waals surface area contributed by atoms with Crippen molar-refractivity contribution in [2.24, 2.45) is 11.3 Å². The van der Waals surface area contributed by atoms with Gasteiger partial charge in [-0.1, -0.05) is 33.1 Å². The summed E-state index contributed by atoms with van der Waals surface area (Å²) < 4.78 is 11.6. The molecule has 2 fully saturated rings. The van der Waals surface area contributed by atoms with Gasteiger partial charge in [-0.2, -0.15) is 0 Å². The van der Waals surface area contributed by atoms with E-state index in [1.807, 2.05) is 12.1 Å². The first-order chi connectivity index (χ1) is 8.19. The largest absolute Gasteiger partial charge is 0.467 e. The van der Waals surface area contributed by atoms with Crippen molar-refractivity contribution in [3.05, 3.63) is 24.2 Å². The Balaban J connectivity index is 1.70. The lowest BCUT2D eigenvalue weighted by Crippen LogP contribution is -2.54. The second-order valence-corrected chi connectivity index (χ2v) is 6.17. The van der Waals surface area contributed by atoms with E-state index >= 15 is 0 Å². The molecule has 0 N–H and O–H groups in total. The Morgan fingerprint density at radius 1 is 1.18 bits per heavy atom. The van der Waals surface area contributed by atoms with Crippen LogP contribution in [0.15, 0.2) is 22.8 Å². The molecule has 94 valence electrons. The number of furan rings is 1. The second kappa shape index (κ2) is 4.16. The smallest absolute Gasteiger partial charge is 0.133 e. The van der Waals surface area contributed by atoms with E-state index in [0.717, 1.165) is 11.7 Å². The molecule has 0 spiro atoms. The summed E-state index contributed by atoms with van der Waals surface area (Å²) in [6, 6.07) is 3.98. The molecule has 2 atom stereocenters. The third kappa shape index (κ3) is 1.83. The van der Waals surface area contributed by atoms with Crippen LogP contribution in [0.4, 0.5) is 0 Å². The van der Waals surface area contributed by atoms with Crippen LogP contribution in [0.2, 0.25) is 0 Å². The maximum Gasteiger partial charge on any atom is 0.133 e. The predicted octanol–water partition coefficient (Wildman–Crippen LogP) is 4.33. The number of ether oxygens (including phenoxy) is 1. The molecule has 2 heteroatoms. The lowest BCUT2D eigenvalue weighted by molar-refractivity contribution is -0.268. The van der Waals surface area contributed by atoms with Gasteiger partial charge in [0.1, 0.15) is 11.9 Å². The highest BCUT2D eigenvalue weighted by Crippen LogP contribution is 2.55. The average molecular weight is 234 g/mol. The summed E-state index contributed by atoms with van der Waals surface area (Å²) >= 11 is 0. The zero-order valence-electron chi connectivity index (χ0n) is 10.8. The monoisotopic (exact) mass is 234 g/mol. The van der Waals surface area contributed by atoms with Gasteiger partial charge in [-0.05, 0) is 30.9 Å². The molecule has 0 bridgehead atoms. The van der Waals surface area contributed by atoms with Crippen LogP contribution in [0.5, 0.6) is 0 Å². The van der Waals surface area contributed by atoms with E-state index in [9.17, 15) is 0 Å². The van der Waals surface area contributed by atoms with Crippen LogP contribution in [-0.4, -0.2) is 6.10 Å². The van der Waals surface area contributed by atoms with Crippen LogP contribution in [0, 0.1) is 11.3 Å². The molecule has 0 aromatic carbocycles. The first kappa shape index (κ1) is 11.3. The van der Waals surface area contributed by atoms with Gasteiger partial charge in [-0.3, -0.25) is 0 Å². The van der Waals surface area contributed by atoms with Gasteiger partial charge in [0.15, 0.2) is 0 Å². The highest BCUT2D eigenvalue weighted by atomic mass is 16.5. The summed E-state index contributed by atoms with van der Waals surface area (Å²) in [5.41, 5.74) is 0.222. The van der Waals surface area contributed by atoms with Gasteiger partial charge in [-0.25, -0.2) is 0 Å². The van der Waals surface area contributed by atoms with Crippen molar-refractivity contribution >= 4 is 0 Å². The van der Waals surface area contributed by atoms with Gasteiger partial charge in [0.25, 0.3) is 0 Å². The van der Waals surface area contributed by atoms with Gasteiger partial charge in [-0.15, -0.1) is 0 Å². The van der Waals surface area contributed by atoms with Crippen LogP contribution in [-0.2, 0) is 4.74 Å². The number of hydrogen-bond acceptors (Lipinski definition) is 2. The fourth-order valence-electron chi connectivity index (χ4n) is 3.60. The lowest BCUT2D eigenvalue weighted by Gasteiger charge is -2.54. The normalized spacial score (nSPS) is 33.3. The molecule has 0 amide bonds. The minimum Gasteiger partial charge on any atom is -0.467 e. The molecule has 0 radical (unpaired) electrons. The molecule has 2 unspecified atom stereocenters. The summed E-state index contributed by atoms with van der Waals surface area (Å²) in [5, 5.41) is 0. The van der Waals surface area contributed by atoms with E-state index < -0.39 is 0 Å². The van der Waals surface area contributed by atoms with Gasteiger partial charge in [0.05, 0.1) is 12.4 Å². The Bertz CT molecular complexity index is 360. The Hall–Kier alpha value is -0.760. The minimum atomic E-state index is 0.157. The SMILES string of the molecule is CC1(C)C(c2ccco2)OC1C1CCCCC1. The minimum absolute atomic E-state index is 0.157. The molecule has 1 aliphatic carbocycles. The standard InChI is InChI=1S/C15H22O2/c1-15(2)13(11-7-4-3-5-8-11)17-14(15)12-9-6-10-16-12/h6,9-11,13-14H,3-5,7-8H2,1-2H3. The van der Waals surface area contributed by atoms with Crippen molar-refractivity contribution in [2.45, 2.75) is 58.2 Å². The average Bonchev–Trinajstić information content (AvgIpc) is 2.82. The summed E-state index contributed by atoms with van der Waals surface area (Å²) in [5.74, 6) is 1.76. The van der Waals surface area contributed by atoms with Crippen molar-refractivity contribution in [1.82, 2.24) is 0 Å². The molecule has 17 heavy (non-hydrogen) atoms. The molecule has 2 heterocycles. The van der Waals surface area contributed by atoms with Gasteiger partial charge in [0.2, 0.25) is 0 Å². The highest BCUT2D eigenvalue weighted by molar-refractivity contribution is 5.13. The van der Waals surface area contributed by atoms with E-state index in [1.165, 1.54) is 32.1 Å². The molecule has 1 saturated heterocycles. The molecule has 2 aliphatic rings. The fourth-order valence-corrected chi connectivity index (χ4v) is 3.60. The van der Waals surface area contributed by atoms with Crippen molar-refractivity contribution in [3.63, 3.8) is 0 Å². The van der Waals surface area contributed by atoms with Crippen molar-refractivity contribution < 1.29 is 9.15 Å². The van der Waals surface area contributed by atoms with Gasteiger partial charge in [0, 0.05) is 5.41 Å². The van der Waals surface area contributed by atoms with Crippen LogP contribution in [0.3, 0.4) is 0 Å². The first-order valence-corrected chi connectivity index (χ1v) is 6.88. The van der Waals surface area contributed by atoms with Crippen molar-refractivity contribution in [2.75, 3.05) is 0 Å². The summed E-state index contributed by atoms with van der Waals surface area (Å²) in [6.45, 7) is 4.64. The number of rotatable bonds is 2. The quantitative estimate of drug-likeness (QED) is 0.760. The second-order valence-electron chi connectivity index (χ2n) is 6.17. The lowest BCUT2D eigenvalue weighted by atomic mass is 9.66. The van der Waals surface area contributed by atoms with Crippen molar-refractivity contribution in [1.29, 1.82) is 0 Å². The fraction of sp³-hybridized carbons (Fsp3) is 0.733. The molecule has 3 rings (SSSR count). The summed E-state index contributed by atoms with van der Waals surface area (Å²) in [4.78, 5) is 0.